The Bertz CT molecular complexity index is 562. The Morgan fingerprint density at radius 2 is 1.56 bits per heavy atom. The summed E-state index contributed by atoms with van der Waals surface area (Å²) in [5, 5.41) is 0. The van der Waals surface area contributed by atoms with E-state index in [1.165, 1.54) is 0 Å². The minimum Gasteiger partial charge on any atom is -0.289 e. The molecule has 0 amide bonds. The van der Waals surface area contributed by atoms with Crippen LogP contribution in [0.25, 0.3) is 6.08 Å². The van der Waals surface area contributed by atoms with Crippen molar-refractivity contribution in [3.8, 4) is 0 Å². The van der Waals surface area contributed by atoms with Crippen LogP contribution in [0.5, 0.6) is 0 Å². The van der Waals surface area contributed by atoms with Crippen LogP contribution >= 0.6 is 0 Å². The average molecular weight is 236 g/mol. The zero-order valence-corrected chi connectivity index (χ0v) is 10.7. The van der Waals surface area contributed by atoms with E-state index in [9.17, 15) is 4.79 Å². The van der Waals surface area contributed by atoms with Crippen molar-refractivity contribution in [2.45, 2.75) is 13.8 Å². The predicted molar refractivity (Wildman–Crippen MR) is 75.6 cm³/mol. The van der Waals surface area contributed by atoms with Crippen molar-refractivity contribution in [3.63, 3.8) is 0 Å². The quantitative estimate of drug-likeness (QED) is 0.574. The fourth-order valence-electron chi connectivity index (χ4n) is 1.80. The molecule has 2 aromatic carbocycles. The van der Waals surface area contributed by atoms with Crippen molar-refractivity contribution in [1.82, 2.24) is 0 Å². The van der Waals surface area contributed by atoms with Crippen LogP contribution in [0.3, 0.4) is 0 Å². The van der Waals surface area contributed by atoms with Gasteiger partial charge in [0.25, 0.3) is 0 Å². The van der Waals surface area contributed by atoms with Crippen molar-refractivity contribution in [2.24, 2.45) is 0 Å². The maximum Gasteiger partial charge on any atom is 0.188 e. The maximum atomic E-state index is 12.2. The van der Waals surface area contributed by atoms with E-state index in [2.05, 4.69) is 0 Å². The number of carbonyl (C=O) groups excluding carboxylic acids is 1. The number of ketones is 1. The van der Waals surface area contributed by atoms with E-state index in [1.54, 1.807) is 0 Å². The van der Waals surface area contributed by atoms with Gasteiger partial charge in [0.1, 0.15) is 0 Å². The molecule has 0 aliphatic heterocycles. The summed E-state index contributed by atoms with van der Waals surface area (Å²) in [6.45, 7) is 3.87. The molecule has 0 fully saturated rings. The summed E-state index contributed by atoms with van der Waals surface area (Å²) in [5.41, 5.74) is 3.71. The summed E-state index contributed by atoms with van der Waals surface area (Å²) in [6.07, 6.45) is 1.92. The number of benzene rings is 2. The van der Waals surface area contributed by atoms with Crippen LogP contribution in [0.4, 0.5) is 0 Å². The molecular formula is C17H16O. The molecule has 0 aliphatic carbocycles. The smallest absolute Gasteiger partial charge is 0.188 e. The lowest BCUT2D eigenvalue weighted by atomic mass is 10.0. The van der Waals surface area contributed by atoms with E-state index >= 15 is 0 Å². The Morgan fingerprint density at radius 3 is 2.17 bits per heavy atom. The standard InChI is InChI=1S/C17H16O/c1-13-8-10-16(11-9-13)17(18)14(2)12-15-6-4-3-5-7-15/h3-12H,1-2H3. The monoisotopic (exact) mass is 236 g/mol. The highest BCUT2D eigenvalue weighted by Gasteiger charge is 2.07. The van der Waals surface area contributed by atoms with Crippen LogP contribution in [0.2, 0.25) is 0 Å². The Morgan fingerprint density at radius 1 is 0.944 bits per heavy atom. The average Bonchev–Trinajstić information content (AvgIpc) is 2.40. The van der Waals surface area contributed by atoms with Gasteiger partial charge in [0.15, 0.2) is 5.78 Å². The molecule has 18 heavy (non-hydrogen) atoms. The van der Waals surface area contributed by atoms with E-state index in [0.717, 1.165) is 22.3 Å². The first-order valence-corrected chi connectivity index (χ1v) is 6.01. The molecule has 1 nitrogen and oxygen atoms in total. The summed E-state index contributed by atoms with van der Waals surface area (Å²) in [4.78, 5) is 12.2. The van der Waals surface area contributed by atoms with Crippen molar-refractivity contribution < 1.29 is 4.79 Å². The van der Waals surface area contributed by atoms with Crippen molar-refractivity contribution >= 4 is 11.9 Å². The fourth-order valence-corrected chi connectivity index (χ4v) is 1.80. The lowest BCUT2D eigenvalue weighted by molar-refractivity contribution is 0.103. The van der Waals surface area contributed by atoms with Crippen LogP contribution in [0.15, 0.2) is 60.2 Å². The number of carbonyl (C=O) groups is 1. The van der Waals surface area contributed by atoms with E-state index in [0.29, 0.717) is 0 Å². The van der Waals surface area contributed by atoms with Crippen molar-refractivity contribution in [1.29, 1.82) is 0 Å². The van der Waals surface area contributed by atoms with E-state index in [4.69, 9.17) is 0 Å². The largest absolute Gasteiger partial charge is 0.289 e. The minimum atomic E-state index is 0.0823. The van der Waals surface area contributed by atoms with E-state index in [1.807, 2.05) is 74.5 Å². The second kappa shape index (κ2) is 5.46. The van der Waals surface area contributed by atoms with E-state index < -0.39 is 0 Å². The van der Waals surface area contributed by atoms with Gasteiger partial charge in [-0.05, 0) is 31.1 Å². The van der Waals surface area contributed by atoms with Crippen LogP contribution in [-0.4, -0.2) is 5.78 Å². The molecule has 0 radical (unpaired) electrons. The van der Waals surface area contributed by atoms with Gasteiger partial charge in [-0.3, -0.25) is 4.79 Å². The minimum absolute atomic E-state index is 0.0823. The summed E-state index contributed by atoms with van der Waals surface area (Å²) in [7, 11) is 0. The summed E-state index contributed by atoms with van der Waals surface area (Å²) < 4.78 is 0. The summed E-state index contributed by atoms with van der Waals surface area (Å²) in [5.74, 6) is 0.0823. The SMILES string of the molecule is CC(=Cc1ccccc1)C(=O)c1ccc(C)cc1. The van der Waals surface area contributed by atoms with Crippen molar-refractivity contribution in [2.75, 3.05) is 0 Å². The molecule has 0 atom stereocenters. The lowest BCUT2D eigenvalue weighted by Gasteiger charge is -2.02. The van der Waals surface area contributed by atoms with Crippen LogP contribution in [0, 0.1) is 6.92 Å². The van der Waals surface area contributed by atoms with Gasteiger partial charge >= 0.3 is 0 Å². The molecule has 0 unspecified atom stereocenters. The Labute approximate surface area is 108 Å². The van der Waals surface area contributed by atoms with Crippen LogP contribution in [-0.2, 0) is 0 Å². The Hall–Kier alpha value is -2.15. The molecule has 0 saturated heterocycles. The first-order chi connectivity index (χ1) is 8.66. The van der Waals surface area contributed by atoms with Gasteiger partial charge < -0.3 is 0 Å². The molecule has 1 heteroatoms. The third-order valence-corrected chi connectivity index (χ3v) is 2.85. The number of allylic oxidation sites excluding steroid dienone is 1. The number of rotatable bonds is 3. The third kappa shape index (κ3) is 2.95. The zero-order chi connectivity index (χ0) is 13.0. The highest BCUT2D eigenvalue weighted by Crippen LogP contribution is 2.13. The summed E-state index contributed by atoms with van der Waals surface area (Å²) in [6, 6.07) is 17.6. The third-order valence-electron chi connectivity index (χ3n) is 2.85. The molecule has 0 spiro atoms. The molecule has 0 heterocycles. The normalized spacial score (nSPS) is 11.3. The second-order valence-electron chi connectivity index (χ2n) is 4.43. The first kappa shape index (κ1) is 12.3. The van der Waals surface area contributed by atoms with Gasteiger partial charge in [-0.15, -0.1) is 0 Å². The fraction of sp³-hybridized carbons (Fsp3) is 0.118. The Balaban J connectivity index is 2.24. The van der Waals surface area contributed by atoms with Gasteiger partial charge in [-0.1, -0.05) is 60.2 Å². The summed E-state index contributed by atoms with van der Waals surface area (Å²) >= 11 is 0. The number of Topliss-reactive ketones (excluding diaryl/α,β-unsaturated/α-hetero) is 1. The zero-order valence-electron chi connectivity index (χ0n) is 10.7. The molecular weight excluding hydrogens is 220 g/mol. The topological polar surface area (TPSA) is 17.1 Å². The molecule has 0 saturated carbocycles. The molecule has 90 valence electrons. The van der Waals surface area contributed by atoms with E-state index in [-0.39, 0.29) is 5.78 Å². The Kier molecular flexibility index (Phi) is 3.73. The van der Waals surface area contributed by atoms with Gasteiger partial charge in [0.05, 0.1) is 0 Å². The lowest BCUT2D eigenvalue weighted by Crippen LogP contribution is -2.00. The maximum absolute atomic E-state index is 12.2. The van der Waals surface area contributed by atoms with Gasteiger partial charge in [-0.2, -0.15) is 0 Å². The molecule has 2 aromatic rings. The van der Waals surface area contributed by atoms with Gasteiger partial charge in [0.2, 0.25) is 0 Å². The van der Waals surface area contributed by atoms with Crippen molar-refractivity contribution in [3.05, 3.63) is 76.9 Å². The number of aryl methyl sites for hydroxylation is 1. The second-order valence-corrected chi connectivity index (χ2v) is 4.43. The first-order valence-electron chi connectivity index (χ1n) is 6.01. The van der Waals surface area contributed by atoms with Crippen LogP contribution in [0.1, 0.15) is 28.4 Å². The molecule has 0 aliphatic rings. The van der Waals surface area contributed by atoms with Gasteiger partial charge in [0, 0.05) is 5.56 Å². The van der Waals surface area contributed by atoms with Gasteiger partial charge in [-0.25, -0.2) is 0 Å². The molecule has 0 aromatic heterocycles. The predicted octanol–water partition coefficient (Wildman–Crippen LogP) is 4.28. The van der Waals surface area contributed by atoms with Crippen LogP contribution < -0.4 is 0 Å². The highest BCUT2D eigenvalue weighted by molar-refractivity contribution is 6.10. The molecule has 2 rings (SSSR count). The number of hydrogen-bond donors (Lipinski definition) is 0. The number of hydrogen-bond acceptors (Lipinski definition) is 1. The molecule has 0 N–H and O–H groups in total. The highest BCUT2D eigenvalue weighted by atomic mass is 16.1. The molecule has 0 bridgehead atoms.